The Morgan fingerprint density at radius 3 is 1.96 bits per heavy atom. The number of nitrogens with zero attached hydrogens (tertiary/aromatic N) is 3. The van der Waals surface area contributed by atoms with E-state index >= 15 is 0 Å². The van der Waals surface area contributed by atoms with Crippen LogP contribution in [0.1, 0.15) is 58.9 Å². The third-order valence-electron chi connectivity index (χ3n) is 5.26. The van der Waals surface area contributed by atoms with Crippen LogP contribution >= 0.6 is 23.5 Å². The van der Waals surface area contributed by atoms with Crippen LogP contribution in [0.15, 0.2) is 33.5 Å². The van der Waals surface area contributed by atoms with Crippen molar-refractivity contribution in [3.8, 4) is 0 Å². The van der Waals surface area contributed by atoms with Crippen molar-refractivity contribution in [1.29, 1.82) is 0 Å². The lowest BCUT2D eigenvalue weighted by atomic mass is 9.89. The number of hydrogen-bond acceptors (Lipinski definition) is 1. The molecule has 1 aliphatic carbocycles. The first-order valence-corrected chi connectivity index (χ1v) is 11.7. The van der Waals surface area contributed by atoms with Gasteiger partial charge in [-0.05, 0) is 58.2 Å². The Hall–Kier alpha value is -0.480. The molecule has 0 unspecified atom stereocenters. The van der Waals surface area contributed by atoms with E-state index in [1.54, 1.807) is 6.21 Å². The summed E-state index contributed by atoms with van der Waals surface area (Å²) in [5.74, 6) is 0. The fourth-order valence-electron chi connectivity index (χ4n) is 4.39. The van der Waals surface area contributed by atoms with Gasteiger partial charge in [-0.2, -0.15) is 0 Å². The molecule has 3 rings (SSSR count). The Bertz CT molecular complexity index is 646. The maximum Gasteiger partial charge on any atom is 0.330 e. The van der Waals surface area contributed by atoms with Crippen LogP contribution in [0, 0.1) is 0 Å². The molecule has 0 bridgehead atoms. The van der Waals surface area contributed by atoms with Crippen LogP contribution in [0.5, 0.6) is 0 Å². The number of rotatable bonds is 4. The first-order chi connectivity index (χ1) is 11.8. The highest BCUT2D eigenvalue weighted by atomic mass is 79.9. The summed E-state index contributed by atoms with van der Waals surface area (Å²) in [5.41, 5.74) is 0.987. The molecule has 1 saturated carbocycles. The summed E-state index contributed by atoms with van der Waals surface area (Å²) in [6, 6.07) is 9.17. The van der Waals surface area contributed by atoms with Gasteiger partial charge in [0.25, 0.3) is 0 Å². The average molecular weight is 426 g/mol. The van der Waals surface area contributed by atoms with E-state index < -0.39 is 7.59 Å². The zero-order chi connectivity index (χ0) is 18.2. The fraction of sp³-hybridized carbons (Fsp3) is 0.632. The Morgan fingerprint density at radius 2 is 1.52 bits per heavy atom. The molecule has 6 heteroatoms. The summed E-state index contributed by atoms with van der Waals surface area (Å²) in [6.07, 6.45) is 6.52. The Balaban J connectivity index is 2.01. The second-order valence-corrected chi connectivity index (χ2v) is 10.8. The molecule has 0 amide bonds. The smallest absolute Gasteiger partial charge is 0.262 e. The SMILES string of the molecule is CC(C)N1[C@@H]2CCCC[C@H]2N(C(C)C)P1(=O)/N=C/c1ccc(Br)cc1. The third-order valence-corrected chi connectivity index (χ3v) is 8.93. The maximum atomic E-state index is 14.2. The van der Waals surface area contributed by atoms with Gasteiger partial charge in [-0.3, -0.25) is 4.57 Å². The van der Waals surface area contributed by atoms with Crippen molar-refractivity contribution >= 4 is 29.7 Å². The minimum atomic E-state index is -2.96. The van der Waals surface area contributed by atoms with Crippen LogP contribution in [0.4, 0.5) is 0 Å². The van der Waals surface area contributed by atoms with E-state index in [9.17, 15) is 4.57 Å². The van der Waals surface area contributed by atoms with Gasteiger partial charge in [-0.25, -0.2) is 14.1 Å². The second kappa shape index (κ2) is 7.64. The molecule has 2 aliphatic rings. The molecule has 1 heterocycles. The van der Waals surface area contributed by atoms with Crippen molar-refractivity contribution in [3.05, 3.63) is 34.3 Å². The largest absolute Gasteiger partial charge is 0.330 e. The van der Waals surface area contributed by atoms with Gasteiger partial charge in [0.2, 0.25) is 0 Å². The molecule has 4 nitrogen and oxygen atoms in total. The quantitative estimate of drug-likeness (QED) is 0.456. The first kappa shape index (κ1) is 19.3. The zero-order valence-electron chi connectivity index (χ0n) is 15.6. The molecule has 138 valence electrons. The highest BCUT2D eigenvalue weighted by Gasteiger charge is 2.56. The Morgan fingerprint density at radius 1 is 1.04 bits per heavy atom. The number of hydrogen-bond donors (Lipinski definition) is 0. The monoisotopic (exact) mass is 425 g/mol. The van der Waals surface area contributed by atoms with Crippen LogP contribution in [0.3, 0.4) is 0 Å². The van der Waals surface area contributed by atoms with Gasteiger partial charge in [-0.1, -0.05) is 40.9 Å². The average Bonchev–Trinajstić information content (AvgIpc) is 2.83. The summed E-state index contributed by atoms with van der Waals surface area (Å²) in [6.45, 7) is 8.60. The van der Waals surface area contributed by atoms with E-state index in [2.05, 4.69) is 53.0 Å². The molecule has 1 aromatic rings. The van der Waals surface area contributed by atoms with Gasteiger partial charge < -0.3 is 0 Å². The van der Waals surface area contributed by atoms with Gasteiger partial charge in [0, 0.05) is 34.9 Å². The third kappa shape index (κ3) is 3.66. The van der Waals surface area contributed by atoms with Crippen molar-refractivity contribution < 1.29 is 4.57 Å². The van der Waals surface area contributed by atoms with Crippen LogP contribution in [0.2, 0.25) is 0 Å². The normalized spacial score (nSPS) is 27.5. The highest BCUT2D eigenvalue weighted by Crippen LogP contribution is 2.66. The summed E-state index contributed by atoms with van der Waals surface area (Å²) in [7, 11) is -2.96. The summed E-state index contributed by atoms with van der Waals surface area (Å²) < 4.78 is 24.5. The van der Waals surface area contributed by atoms with Crippen molar-refractivity contribution in [2.75, 3.05) is 0 Å². The molecule has 2 fully saturated rings. The summed E-state index contributed by atoms with van der Waals surface area (Å²) >= 11 is 3.46. The lowest BCUT2D eigenvalue weighted by Crippen LogP contribution is -2.43. The fourth-order valence-corrected chi connectivity index (χ4v) is 7.93. The molecule has 2 atom stereocenters. The van der Waals surface area contributed by atoms with Gasteiger partial charge in [0.1, 0.15) is 0 Å². The number of fused-ring (bicyclic) bond motifs is 1. The van der Waals surface area contributed by atoms with Crippen molar-refractivity contribution in [2.45, 2.75) is 77.5 Å². The van der Waals surface area contributed by atoms with E-state index in [0.717, 1.165) is 22.9 Å². The predicted octanol–water partition coefficient (Wildman–Crippen LogP) is 5.72. The van der Waals surface area contributed by atoms with E-state index in [1.807, 2.05) is 24.3 Å². The lowest BCUT2D eigenvalue weighted by Gasteiger charge is -2.33. The molecular weight excluding hydrogens is 397 g/mol. The summed E-state index contributed by atoms with van der Waals surface area (Å²) in [5, 5.41) is 0. The van der Waals surface area contributed by atoms with Gasteiger partial charge in [0.15, 0.2) is 0 Å². The predicted molar refractivity (Wildman–Crippen MR) is 109 cm³/mol. The first-order valence-electron chi connectivity index (χ1n) is 9.33. The molecule has 1 aromatic carbocycles. The van der Waals surface area contributed by atoms with Crippen LogP contribution in [0.25, 0.3) is 0 Å². The number of benzene rings is 1. The topological polar surface area (TPSA) is 35.9 Å². The van der Waals surface area contributed by atoms with E-state index in [0.29, 0.717) is 12.1 Å². The zero-order valence-corrected chi connectivity index (χ0v) is 18.1. The van der Waals surface area contributed by atoms with E-state index in [1.165, 1.54) is 12.8 Å². The van der Waals surface area contributed by atoms with Crippen molar-refractivity contribution in [1.82, 2.24) is 9.34 Å². The number of halogens is 1. The van der Waals surface area contributed by atoms with Crippen LogP contribution in [-0.2, 0) is 4.57 Å². The minimum absolute atomic E-state index is 0.224. The Kier molecular flexibility index (Phi) is 5.89. The Labute approximate surface area is 160 Å². The summed E-state index contributed by atoms with van der Waals surface area (Å²) in [4.78, 5) is 0. The molecule has 1 aliphatic heterocycles. The van der Waals surface area contributed by atoms with Gasteiger partial charge in [0.05, 0.1) is 0 Å². The minimum Gasteiger partial charge on any atom is -0.262 e. The molecule has 0 aromatic heterocycles. The van der Waals surface area contributed by atoms with Crippen molar-refractivity contribution in [3.63, 3.8) is 0 Å². The maximum absolute atomic E-state index is 14.2. The standard InChI is InChI=1S/C19H29BrN3OP/c1-14(2)22-18-7-5-6-8-19(18)23(15(3)4)25(22,24)21-13-16-9-11-17(20)12-10-16/h9-15,18-19H,5-8H2,1-4H3/b21-13+/t18-,19-/m1/s1. The molecule has 0 radical (unpaired) electrons. The van der Waals surface area contributed by atoms with E-state index in [4.69, 9.17) is 4.76 Å². The lowest BCUT2D eigenvalue weighted by molar-refractivity contribution is 0.173. The highest BCUT2D eigenvalue weighted by molar-refractivity contribution is 9.10. The molecule has 0 spiro atoms. The van der Waals surface area contributed by atoms with E-state index in [-0.39, 0.29) is 12.1 Å². The molecular formula is C19H29BrN3OP. The second-order valence-electron chi connectivity index (χ2n) is 7.68. The molecule has 25 heavy (non-hydrogen) atoms. The molecule has 1 saturated heterocycles. The van der Waals surface area contributed by atoms with Crippen molar-refractivity contribution in [2.24, 2.45) is 4.76 Å². The van der Waals surface area contributed by atoms with Gasteiger partial charge >= 0.3 is 7.59 Å². The van der Waals surface area contributed by atoms with Gasteiger partial charge in [-0.15, -0.1) is 0 Å². The van der Waals surface area contributed by atoms with Crippen LogP contribution in [-0.4, -0.2) is 39.7 Å². The molecule has 0 N–H and O–H groups in total. The van der Waals surface area contributed by atoms with Crippen LogP contribution < -0.4 is 0 Å².